The average molecular weight is 276 g/mol. The summed E-state index contributed by atoms with van der Waals surface area (Å²) in [5.41, 5.74) is 3.33. The fraction of sp³-hybridized carbons (Fsp3) is 0.500. The minimum absolute atomic E-state index is 0.137. The molecular formula is C14H20N4O2. The second-order valence-corrected chi connectivity index (χ2v) is 4.82. The highest BCUT2D eigenvalue weighted by molar-refractivity contribution is 5.96. The van der Waals surface area contributed by atoms with Crippen LogP contribution in [0, 0.1) is 20.8 Å². The number of amides is 1. The van der Waals surface area contributed by atoms with Crippen LogP contribution in [0.2, 0.25) is 0 Å². The molecule has 2 aromatic rings. The lowest BCUT2D eigenvalue weighted by Crippen LogP contribution is -2.28. The van der Waals surface area contributed by atoms with Crippen molar-refractivity contribution in [3.05, 3.63) is 34.5 Å². The second-order valence-electron chi connectivity index (χ2n) is 4.82. The van der Waals surface area contributed by atoms with Gasteiger partial charge in [-0.1, -0.05) is 12.1 Å². The van der Waals surface area contributed by atoms with Crippen LogP contribution >= 0.6 is 0 Å². The van der Waals surface area contributed by atoms with Gasteiger partial charge in [-0.2, -0.15) is 5.10 Å². The molecule has 2 aromatic heterocycles. The van der Waals surface area contributed by atoms with Gasteiger partial charge in [0.2, 0.25) is 0 Å². The van der Waals surface area contributed by atoms with Crippen molar-refractivity contribution in [3.63, 3.8) is 0 Å². The molecule has 1 amide bonds. The molecule has 0 atom stereocenters. The van der Waals surface area contributed by atoms with Crippen LogP contribution in [0.25, 0.3) is 0 Å². The van der Waals surface area contributed by atoms with Crippen molar-refractivity contribution in [1.29, 1.82) is 0 Å². The van der Waals surface area contributed by atoms with E-state index in [1.165, 1.54) is 0 Å². The lowest BCUT2D eigenvalue weighted by atomic mass is 10.1. The maximum atomic E-state index is 12.1. The molecule has 0 aliphatic heterocycles. The summed E-state index contributed by atoms with van der Waals surface area (Å²) >= 11 is 0. The fourth-order valence-electron chi connectivity index (χ4n) is 2.22. The molecule has 2 heterocycles. The zero-order chi connectivity index (χ0) is 14.7. The number of carbonyl (C=O) groups excluding carboxylic acids is 1. The zero-order valence-corrected chi connectivity index (χ0v) is 12.4. The van der Waals surface area contributed by atoms with Gasteiger partial charge in [-0.3, -0.25) is 9.48 Å². The summed E-state index contributed by atoms with van der Waals surface area (Å²) < 4.78 is 6.95. The molecule has 6 nitrogen and oxygen atoms in total. The quantitative estimate of drug-likeness (QED) is 0.903. The van der Waals surface area contributed by atoms with Gasteiger partial charge < -0.3 is 9.84 Å². The van der Waals surface area contributed by atoms with E-state index in [1.54, 1.807) is 6.92 Å². The van der Waals surface area contributed by atoms with Gasteiger partial charge in [0.15, 0.2) is 0 Å². The predicted molar refractivity (Wildman–Crippen MR) is 74.7 cm³/mol. The van der Waals surface area contributed by atoms with Crippen LogP contribution < -0.4 is 5.32 Å². The number of nitrogens with zero attached hydrogens (tertiary/aromatic N) is 3. The Balaban J connectivity index is 1.95. The van der Waals surface area contributed by atoms with Gasteiger partial charge in [-0.15, -0.1) is 0 Å². The van der Waals surface area contributed by atoms with Crippen LogP contribution in [-0.4, -0.2) is 27.4 Å². The van der Waals surface area contributed by atoms with Crippen molar-refractivity contribution < 1.29 is 9.32 Å². The molecule has 0 aliphatic carbocycles. The van der Waals surface area contributed by atoms with Crippen molar-refractivity contribution in [1.82, 2.24) is 20.3 Å². The summed E-state index contributed by atoms with van der Waals surface area (Å²) in [7, 11) is 0. The summed E-state index contributed by atoms with van der Waals surface area (Å²) in [6.45, 7) is 8.83. The summed E-state index contributed by atoms with van der Waals surface area (Å²) in [6, 6.07) is 2.02. The fourth-order valence-corrected chi connectivity index (χ4v) is 2.22. The molecule has 6 heteroatoms. The minimum Gasteiger partial charge on any atom is -0.361 e. The van der Waals surface area contributed by atoms with Crippen molar-refractivity contribution in [2.24, 2.45) is 0 Å². The molecular weight excluding hydrogens is 256 g/mol. The van der Waals surface area contributed by atoms with Gasteiger partial charge in [0.1, 0.15) is 11.3 Å². The number of nitrogens with one attached hydrogen (secondary N) is 1. The third-order valence-corrected chi connectivity index (χ3v) is 3.21. The Morgan fingerprint density at radius 2 is 2.15 bits per heavy atom. The Labute approximate surface area is 118 Å². The maximum Gasteiger partial charge on any atom is 0.256 e. The number of hydrogen-bond acceptors (Lipinski definition) is 4. The molecule has 0 saturated heterocycles. The summed E-state index contributed by atoms with van der Waals surface area (Å²) in [5, 5.41) is 11.1. The van der Waals surface area contributed by atoms with Gasteiger partial charge in [0, 0.05) is 12.2 Å². The topological polar surface area (TPSA) is 73.0 Å². The van der Waals surface area contributed by atoms with Crippen molar-refractivity contribution in [2.75, 3.05) is 6.54 Å². The van der Waals surface area contributed by atoms with Gasteiger partial charge >= 0.3 is 0 Å². The standard InChI is InChI=1S/C14H20N4O2/c1-5-12-13(11(4)20-17-12)14(19)15-6-7-18-10(3)8-9(2)16-18/h8H,5-7H2,1-4H3,(H,15,19). The molecule has 0 radical (unpaired) electrons. The normalized spacial score (nSPS) is 10.8. The van der Waals surface area contributed by atoms with E-state index in [2.05, 4.69) is 15.6 Å². The van der Waals surface area contributed by atoms with E-state index in [-0.39, 0.29) is 5.91 Å². The van der Waals surface area contributed by atoms with Crippen molar-refractivity contribution in [2.45, 2.75) is 40.7 Å². The van der Waals surface area contributed by atoms with E-state index in [0.717, 1.165) is 11.4 Å². The van der Waals surface area contributed by atoms with Crippen molar-refractivity contribution in [3.8, 4) is 0 Å². The molecule has 2 rings (SSSR count). The van der Waals surface area contributed by atoms with Crippen LogP contribution in [0.1, 0.15) is 40.1 Å². The van der Waals surface area contributed by atoms with Gasteiger partial charge in [-0.25, -0.2) is 0 Å². The Hall–Kier alpha value is -2.11. The van der Waals surface area contributed by atoms with Crippen LogP contribution in [0.3, 0.4) is 0 Å². The lowest BCUT2D eigenvalue weighted by molar-refractivity contribution is 0.0949. The first kappa shape index (κ1) is 14.3. The molecule has 1 N–H and O–H groups in total. The molecule has 0 aliphatic rings. The molecule has 0 saturated carbocycles. The van der Waals surface area contributed by atoms with Gasteiger partial charge in [-0.05, 0) is 33.3 Å². The smallest absolute Gasteiger partial charge is 0.256 e. The van der Waals surface area contributed by atoms with E-state index in [1.807, 2.05) is 31.5 Å². The second kappa shape index (κ2) is 5.90. The number of rotatable bonds is 5. The molecule has 0 aromatic carbocycles. The Morgan fingerprint density at radius 1 is 1.40 bits per heavy atom. The zero-order valence-electron chi connectivity index (χ0n) is 12.4. The third-order valence-electron chi connectivity index (χ3n) is 3.21. The SMILES string of the molecule is CCc1noc(C)c1C(=O)NCCn1nc(C)cc1C. The van der Waals surface area contributed by atoms with E-state index in [0.29, 0.717) is 36.5 Å². The molecule has 0 fully saturated rings. The Kier molecular flexibility index (Phi) is 4.22. The highest BCUT2D eigenvalue weighted by Crippen LogP contribution is 2.13. The average Bonchev–Trinajstić information content (AvgIpc) is 2.92. The largest absolute Gasteiger partial charge is 0.361 e. The molecule has 0 bridgehead atoms. The first-order valence-electron chi connectivity index (χ1n) is 6.77. The molecule has 20 heavy (non-hydrogen) atoms. The highest BCUT2D eigenvalue weighted by atomic mass is 16.5. The van der Waals surface area contributed by atoms with Gasteiger partial charge in [0.05, 0.1) is 17.9 Å². The third kappa shape index (κ3) is 2.89. The Bertz CT molecular complexity index is 613. The van der Waals surface area contributed by atoms with E-state index in [9.17, 15) is 4.79 Å². The number of aromatic nitrogens is 3. The van der Waals surface area contributed by atoms with Gasteiger partial charge in [0.25, 0.3) is 5.91 Å². The van der Waals surface area contributed by atoms with Crippen LogP contribution in [-0.2, 0) is 13.0 Å². The highest BCUT2D eigenvalue weighted by Gasteiger charge is 2.18. The van der Waals surface area contributed by atoms with Crippen LogP contribution in [0.5, 0.6) is 0 Å². The van der Waals surface area contributed by atoms with E-state index in [4.69, 9.17) is 4.52 Å². The van der Waals surface area contributed by atoms with E-state index >= 15 is 0 Å². The number of aryl methyl sites for hydroxylation is 4. The number of carbonyl (C=O) groups is 1. The first-order chi connectivity index (χ1) is 9.52. The lowest BCUT2D eigenvalue weighted by Gasteiger charge is -2.07. The molecule has 0 spiro atoms. The first-order valence-corrected chi connectivity index (χ1v) is 6.77. The van der Waals surface area contributed by atoms with Crippen LogP contribution in [0.15, 0.2) is 10.6 Å². The predicted octanol–water partition coefficient (Wildman–Crippen LogP) is 1.79. The minimum atomic E-state index is -0.137. The summed E-state index contributed by atoms with van der Waals surface area (Å²) in [4.78, 5) is 12.1. The molecule has 108 valence electrons. The van der Waals surface area contributed by atoms with E-state index < -0.39 is 0 Å². The Morgan fingerprint density at radius 3 is 2.75 bits per heavy atom. The summed E-state index contributed by atoms with van der Waals surface area (Å²) in [5.74, 6) is 0.424. The molecule has 0 unspecified atom stereocenters. The van der Waals surface area contributed by atoms with Crippen molar-refractivity contribution >= 4 is 5.91 Å². The maximum absolute atomic E-state index is 12.1. The number of hydrogen-bond donors (Lipinski definition) is 1. The van der Waals surface area contributed by atoms with Crippen LogP contribution in [0.4, 0.5) is 0 Å². The monoisotopic (exact) mass is 276 g/mol. The summed E-state index contributed by atoms with van der Waals surface area (Å²) in [6.07, 6.45) is 0.678.